The molecule has 1 aromatic carbocycles. The molecule has 0 amide bonds. The van der Waals surface area contributed by atoms with Crippen molar-refractivity contribution in [1.29, 1.82) is 0 Å². The van der Waals surface area contributed by atoms with Crippen LogP contribution in [0.25, 0.3) is 22.0 Å². The van der Waals surface area contributed by atoms with Crippen LogP contribution in [-0.2, 0) is 13.6 Å². The van der Waals surface area contributed by atoms with Crippen LogP contribution in [0.4, 0.5) is 0 Å². The van der Waals surface area contributed by atoms with Gasteiger partial charge in [-0.2, -0.15) is 5.10 Å². The maximum atomic E-state index is 12.2. The Bertz CT molecular complexity index is 1070. The van der Waals surface area contributed by atoms with E-state index in [1.807, 2.05) is 31.3 Å². The minimum Gasteiger partial charge on any atom is -0.459 e. The molecule has 4 rings (SSSR count). The predicted octanol–water partition coefficient (Wildman–Crippen LogP) is 2.60. The smallest absolute Gasteiger partial charge is 0.262 e. The molecule has 0 aliphatic heterocycles. The number of hydrogen-bond acceptors (Lipinski definition) is 5. The zero-order chi connectivity index (χ0) is 17.6. The lowest BCUT2D eigenvalue weighted by molar-refractivity contribution is 0.221. The highest BCUT2D eigenvalue weighted by Crippen LogP contribution is 2.27. The molecule has 25 heavy (non-hydrogen) atoms. The Morgan fingerprint density at radius 1 is 1.36 bits per heavy atom. The van der Waals surface area contributed by atoms with E-state index < -0.39 is 0 Å². The van der Waals surface area contributed by atoms with Crippen LogP contribution in [0, 0.1) is 0 Å². The summed E-state index contributed by atoms with van der Waals surface area (Å²) in [6.45, 7) is 2.56. The van der Waals surface area contributed by atoms with E-state index in [2.05, 4.69) is 33.0 Å². The summed E-state index contributed by atoms with van der Waals surface area (Å²) in [5, 5.41) is 5.67. The van der Waals surface area contributed by atoms with Gasteiger partial charge in [0.2, 0.25) is 0 Å². The number of benzene rings is 1. The molecule has 1 unspecified atom stereocenters. The van der Waals surface area contributed by atoms with E-state index in [-0.39, 0.29) is 11.6 Å². The van der Waals surface area contributed by atoms with Crippen molar-refractivity contribution in [3.8, 4) is 0 Å². The van der Waals surface area contributed by atoms with Crippen molar-refractivity contribution < 1.29 is 4.42 Å². The Morgan fingerprint density at radius 2 is 2.16 bits per heavy atom. The number of furan rings is 1. The number of para-hydroxylation sites is 1. The van der Waals surface area contributed by atoms with E-state index in [0.717, 1.165) is 16.7 Å². The third kappa shape index (κ3) is 2.72. The molecule has 3 aromatic heterocycles. The number of fused-ring (bicyclic) bond motifs is 2. The fourth-order valence-electron chi connectivity index (χ4n) is 2.95. The molecule has 128 valence electrons. The minimum absolute atomic E-state index is 0.0416. The van der Waals surface area contributed by atoms with Gasteiger partial charge >= 0.3 is 0 Å². The lowest BCUT2D eigenvalue weighted by Gasteiger charge is -2.22. The van der Waals surface area contributed by atoms with Crippen molar-refractivity contribution in [2.24, 2.45) is 7.05 Å². The number of nitrogens with zero attached hydrogens (tertiary/aromatic N) is 4. The van der Waals surface area contributed by atoms with Crippen molar-refractivity contribution in [3.05, 3.63) is 58.5 Å². The van der Waals surface area contributed by atoms with Gasteiger partial charge in [-0.05, 0) is 26.1 Å². The molecule has 7 heteroatoms. The lowest BCUT2D eigenvalue weighted by atomic mass is 10.2. The van der Waals surface area contributed by atoms with Crippen molar-refractivity contribution in [1.82, 2.24) is 24.6 Å². The molecule has 1 atom stereocenters. The van der Waals surface area contributed by atoms with Gasteiger partial charge in [0.15, 0.2) is 5.65 Å². The molecule has 0 aliphatic rings. The Labute approximate surface area is 143 Å². The van der Waals surface area contributed by atoms with Gasteiger partial charge in [-0.25, -0.2) is 4.98 Å². The molecule has 4 aromatic rings. The summed E-state index contributed by atoms with van der Waals surface area (Å²) in [4.78, 5) is 21.6. The first-order valence-corrected chi connectivity index (χ1v) is 8.12. The summed E-state index contributed by atoms with van der Waals surface area (Å²) in [6, 6.07) is 10.0. The first kappa shape index (κ1) is 15.6. The summed E-state index contributed by atoms with van der Waals surface area (Å²) < 4.78 is 7.55. The Kier molecular flexibility index (Phi) is 3.65. The van der Waals surface area contributed by atoms with E-state index in [1.54, 1.807) is 11.7 Å². The highest BCUT2D eigenvalue weighted by molar-refractivity contribution is 5.77. The topological polar surface area (TPSA) is 79.9 Å². The average Bonchev–Trinajstić information content (AvgIpc) is 3.18. The van der Waals surface area contributed by atoms with Crippen LogP contribution in [-0.4, -0.2) is 31.7 Å². The van der Waals surface area contributed by atoms with Gasteiger partial charge < -0.3 is 9.40 Å². The zero-order valence-corrected chi connectivity index (χ0v) is 14.4. The predicted molar refractivity (Wildman–Crippen MR) is 95.2 cm³/mol. The summed E-state index contributed by atoms with van der Waals surface area (Å²) >= 11 is 0. The van der Waals surface area contributed by atoms with Crippen molar-refractivity contribution in [3.63, 3.8) is 0 Å². The van der Waals surface area contributed by atoms with E-state index >= 15 is 0 Å². The first-order chi connectivity index (χ1) is 12.0. The maximum absolute atomic E-state index is 12.2. The molecule has 0 radical (unpaired) electrons. The largest absolute Gasteiger partial charge is 0.459 e. The SMILES string of the molecule is CC(c1cc2ccccc2o1)N(C)Cc1nc2c(cnn2C)c(=O)[nH]1. The van der Waals surface area contributed by atoms with Crippen LogP contribution in [0.5, 0.6) is 0 Å². The molecule has 0 aliphatic carbocycles. The fourth-order valence-corrected chi connectivity index (χ4v) is 2.95. The van der Waals surface area contributed by atoms with E-state index in [0.29, 0.717) is 23.4 Å². The van der Waals surface area contributed by atoms with Crippen LogP contribution >= 0.6 is 0 Å². The number of H-pyrrole nitrogens is 1. The maximum Gasteiger partial charge on any atom is 0.262 e. The normalized spacial score (nSPS) is 13.1. The van der Waals surface area contributed by atoms with Crippen molar-refractivity contribution >= 4 is 22.0 Å². The van der Waals surface area contributed by atoms with Gasteiger partial charge in [0.1, 0.15) is 22.6 Å². The molecule has 0 bridgehead atoms. The van der Waals surface area contributed by atoms with E-state index in [9.17, 15) is 4.79 Å². The minimum atomic E-state index is -0.169. The van der Waals surface area contributed by atoms with Crippen molar-refractivity contribution in [2.45, 2.75) is 19.5 Å². The van der Waals surface area contributed by atoms with Crippen LogP contribution in [0.2, 0.25) is 0 Å². The third-order valence-electron chi connectivity index (χ3n) is 4.57. The molecule has 0 spiro atoms. The van der Waals surface area contributed by atoms with Gasteiger partial charge in [-0.15, -0.1) is 0 Å². The summed E-state index contributed by atoms with van der Waals surface area (Å²) in [5.74, 6) is 1.49. The van der Waals surface area contributed by atoms with Crippen LogP contribution < -0.4 is 5.56 Å². The Balaban J connectivity index is 1.61. The van der Waals surface area contributed by atoms with Crippen molar-refractivity contribution in [2.75, 3.05) is 7.05 Å². The molecule has 0 saturated heterocycles. The lowest BCUT2D eigenvalue weighted by Crippen LogP contribution is -2.24. The number of rotatable bonds is 4. The number of aromatic amines is 1. The summed E-state index contributed by atoms with van der Waals surface area (Å²) in [5.41, 5.74) is 1.29. The molecule has 0 fully saturated rings. The van der Waals surface area contributed by atoms with Gasteiger partial charge in [-0.3, -0.25) is 14.4 Å². The number of aryl methyl sites for hydroxylation is 1. The molecular formula is C18H19N5O2. The first-order valence-electron chi connectivity index (χ1n) is 8.12. The van der Waals surface area contributed by atoms with E-state index in [4.69, 9.17) is 4.42 Å². The number of hydrogen-bond donors (Lipinski definition) is 1. The second-order valence-electron chi connectivity index (χ2n) is 6.30. The highest BCUT2D eigenvalue weighted by Gasteiger charge is 2.18. The third-order valence-corrected chi connectivity index (χ3v) is 4.57. The van der Waals surface area contributed by atoms with Gasteiger partial charge in [0.05, 0.1) is 18.8 Å². The highest BCUT2D eigenvalue weighted by atomic mass is 16.3. The quantitative estimate of drug-likeness (QED) is 0.619. The van der Waals surface area contributed by atoms with Crippen LogP contribution in [0.15, 0.2) is 45.7 Å². The molecule has 7 nitrogen and oxygen atoms in total. The summed E-state index contributed by atoms with van der Waals surface area (Å²) in [7, 11) is 3.75. The molecule has 0 saturated carbocycles. The Hall–Kier alpha value is -2.93. The molecular weight excluding hydrogens is 318 g/mol. The zero-order valence-electron chi connectivity index (χ0n) is 14.4. The van der Waals surface area contributed by atoms with Gasteiger partial charge in [0, 0.05) is 12.4 Å². The molecule has 1 N–H and O–H groups in total. The van der Waals surface area contributed by atoms with Crippen LogP contribution in [0.3, 0.4) is 0 Å². The van der Waals surface area contributed by atoms with Gasteiger partial charge in [0.25, 0.3) is 5.56 Å². The average molecular weight is 337 g/mol. The van der Waals surface area contributed by atoms with Crippen LogP contribution in [0.1, 0.15) is 24.6 Å². The summed E-state index contributed by atoms with van der Waals surface area (Å²) in [6.07, 6.45) is 1.53. The number of nitrogens with one attached hydrogen (secondary N) is 1. The standard InChI is InChI=1S/C18H19N5O2/c1-11(15-8-12-6-4-5-7-14(12)25-15)22(2)10-16-20-17-13(18(24)21-16)9-19-23(17)3/h4-9,11H,10H2,1-3H3,(H,20,21,24). The van der Waals surface area contributed by atoms with Gasteiger partial charge in [-0.1, -0.05) is 18.2 Å². The van der Waals surface area contributed by atoms with E-state index in [1.165, 1.54) is 6.20 Å². The number of aromatic nitrogens is 4. The second kappa shape index (κ2) is 5.86. The molecule has 3 heterocycles. The Morgan fingerprint density at radius 3 is 2.96 bits per heavy atom. The monoisotopic (exact) mass is 337 g/mol. The fraction of sp³-hybridized carbons (Fsp3) is 0.278. The second-order valence-corrected chi connectivity index (χ2v) is 6.30.